The molecule has 2 N–H and O–H groups in total. The number of rotatable bonds is 6. The number of benzene rings is 2. The van der Waals surface area contributed by atoms with E-state index in [-0.39, 0.29) is 5.91 Å². The molecule has 0 radical (unpaired) electrons. The maximum atomic E-state index is 12.6. The van der Waals surface area contributed by atoms with Crippen LogP contribution in [0, 0.1) is 6.92 Å². The Morgan fingerprint density at radius 3 is 2.52 bits per heavy atom. The van der Waals surface area contributed by atoms with E-state index in [1.165, 1.54) is 5.56 Å². The summed E-state index contributed by atoms with van der Waals surface area (Å²) in [4.78, 5) is 21.1. The highest BCUT2D eigenvalue weighted by Gasteiger charge is 2.11. The standard InChI is InChI=1S/C21H21ClN4O/c1-3-15-8-10-17(11-9-15)26-21(27)19-12-20(25-14(2)24-19)23-13-16-6-4-5-7-18(16)22/h4-12H,3,13H2,1-2H3,(H,26,27)(H,23,24,25). The van der Waals surface area contributed by atoms with Crippen LogP contribution in [0.25, 0.3) is 0 Å². The minimum atomic E-state index is -0.273. The van der Waals surface area contributed by atoms with Gasteiger partial charge >= 0.3 is 0 Å². The van der Waals surface area contributed by atoms with Crippen molar-refractivity contribution in [2.45, 2.75) is 26.8 Å². The molecule has 3 aromatic rings. The number of nitrogens with one attached hydrogen (secondary N) is 2. The zero-order valence-corrected chi connectivity index (χ0v) is 16.0. The molecule has 2 aromatic carbocycles. The van der Waals surface area contributed by atoms with Crippen molar-refractivity contribution in [3.05, 3.63) is 82.3 Å². The SMILES string of the molecule is CCc1ccc(NC(=O)c2cc(NCc3ccccc3Cl)nc(C)n2)cc1. The Labute approximate surface area is 163 Å². The second-order valence-electron chi connectivity index (χ2n) is 6.14. The minimum absolute atomic E-state index is 0.273. The van der Waals surface area contributed by atoms with Crippen molar-refractivity contribution in [1.29, 1.82) is 0 Å². The first-order chi connectivity index (χ1) is 13.0. The number of aromatic nitrogens is 2. The number of aryl methyl sites for hydroxylation is 2. The quantitative estimate of drug-likeness (QED) is 0.640. The Kier molecular flexibility index (Phi) is 6.04. The second-order valence-corrected chi connectivity index (χ2v) is 6.54. The van der Waals surface area contributed by atoms with Gasteiger partial charge in [0.15, 0.2) is 0 Å². The van der Waals surface area contributed by atoms with Crippen LogP contribution >= 0.6 is 11.6 Å². The highest BCUT2D eigenvalue weighted by atomic mass is 35.5. The van der Waals surface area contributed by atoms with Gasteiger partial charge in [-0.2, -0.15) is 0 Å². The topological polar surface area (TPSA) is 66.9 Å². The first-order valence-electron chi connectivity index (χ1n) is 8.78. The zero-order chi connectivity index (χ0) is 19.2. The van der Waals surface area contributed by atoms with Gasteiger partial charge in [-0.25, -0.2) is 9.97 Å². The van der Waals surface area contributed by atoms with Crippen LogP contribution in [0.1, 0.15) is 34.4 Å². The predicted octanol–water partition coefficient (Wildman–Crippen LogP) is 4.87. The molecule has 6 heteroatoms. The summed E-state index contributed by atoms with van der Waals surface area (Å²) < 4.78 is 0. The monoisotopic (exact) mass is 380 g/mol. The maximum absolute atomic E-state index is 12.6. The van der Waals surface area contributed by atoms with Crippen LogP contribution < -0.4 is 10.6 Å². The number of carbonyl (C=O) groups excluding carboxylic acids is 1. The Hall–Kier alpha value is -2.92. The molecule has 3 rings (SSSR count). The largest absolute Gasteiger partial charge is 0.366 e. The molecule has 5 nitrogen and oxygen atoms in total. The van der Waals surface area contributed by atoms with Gasteiger partial charge in [0, 0.05) is 23.3 Å². The Morgan fingerprint density at radius 1 is 1.07 bits per heavy atom. The van der Waals surface area contributed by atoms with Crippen molar-refractivity contribution in [3.8, 4) is 0 Å². The third kappa shape index (κ3) is 5.05. The summed E-state index contributed by atoms with van der Waals surface area (Å²) >= 11 is 6.18. The number of amides is 1. The number of anilines is 2. The number of carbonyl (C=O) groups is 1. The Morgan fingerprint density at radius 2 is 1.81 bits per heavy atom. The van der Waals surface area contributed by atoms with Gasteiger partial charge in [-0.05, 0) is 42.7 Å². The molecule has 1 amide bonds. The lowest BCUT2D eigenvalue weighted by Crippen LogP contribution is -2.16. The number of hydrogen-bond acceptors (Lipinski definition) is 4. The lowest BCUT2D eigenvalue weighted by molar-refractivity contribution is 0.102. The van der Waals surface area contributed by atoms with E-state index in [1.54, 1.807) is 13.0 Å². The summed E-state index contributed by atoms with van der Waals surface area (Å²) in [6, 6.07) is 17.0. The van der Waals surface area contributed by atoms with E-state index in [0.717, 1.165) is 17.7 Å². The molecule has 0 saturated heterocycles. The first-order valence-corrected chi connectivity index (χ1v) is 9.16. The van der Waals surface area contributed by atoms with E-state index in [0.29, 0.717) is 28.9 Å². The van der Waals surface area contributed by atoms with Gasteiger partial charge in [-0.3, -0.25) is 4.79 Å². The summed E-state index contributed by atoms with van der Waals surface area (Å²) in [6.45, 7) is 4.36. The van der Waals surface area contributed by atoms with Gasteiger partial charge in [0.05, 0.1) is 0 Å². The van der Waals surface area contributed by atoms with Crippen LogP contribution in [0.15, 0.2) is 54.6 Å². The average molecular weight is 381 g/mol. The molecule has 0 fully saturated rings. The average Bonchev–Trinajstić information content (AvgIpc) is 2.67. The predicted molar refractivity (Wildman–Crippen MR) is 109 cm³/mol. The zero-order valence-electron chi connectivity index (χ0n) is 15.3. The van der Waals surface area contributed by atoms with E-state index in [1.807, 2.05) is 48.5 Å². The van der Waals surface area contributed by atoms with E-state index in [4.69, 9.17) is 11.6 Å². The van der Waals surface area contributed by atoms with Crippen LogP contribution in [-0.4, -0.2) is 15.9 Å². The molecule has 1 heterocycles. The van der Waals surface area contributed by atoms with E-state index < -0.39 is 0 Å². The second kappa shape index (κ2) is 8.64. The normalized spacial score (nSPS) is 10.5. The van der Waals surface area contributed by atoms with Gasteiger partial charge in [0.1, 0.15) is 17.3 Å². The number of halogens is 1. The summed E-state index contributed by atoms with van der Waals surface area (Å²) in [6.07, 6.45) is 0.958. The molecular formula is C21H21ClN4O. The summed E-state index contributed by atoms with van der Waals surface area (Å²) in [5.41, 5.74) is 3.22. The fraction of sp³-hybridized carbons (Fsp3) is 0.190. The highest BCUT2D eigenvalue weighted by molar-refractivity contribution is 6.31. The van der Waals surface area contributed by atoms with Crippen molar-refractivity contribution in [2.75, 3.05) is 10.6 Å². The van der Waals surface area contributed by atoms with E-state index in [9.17, 15) is 4.79 Å². The molecule has 0 atom stereocenters. The number of nitrogens with zero attached hydrogens (tertiary/aromatic N) is 2. The highest BCUT2D eigenvalue weighted by Crippen LogP contribution is 2.17. The van der Waals surface area contributed by atoms with Crippen molar-refractivity contribution in [3.63, 3.8) is 0 Å². The molecule has 0 unspecified atom stereocenters. The van der Waals surface area contributed by atoms with Gasteiger partial charge in [-0.1, -0.05) is 48.9 Å². The molecule has 0 aliphatic heterocycles. The van der Waals surface area contributed by atoms with Crippen LogP contribution in [0.4, 0.5) is 11.5 Å². The molecule has 0 aliphatic carbocycles. The fourth-order valence-corrected chi connectivity index (χ4v) is 2.82. The molecule has 0 aliphatic rings. The molecule has 27 heavy (non-hydrogen) atoms. The van der Waals surface area contributed by atoms with Gasteiger partial charge < -0.3 is 10.6 Å². The fourth-order valence-electron chi connectivity index (χ4n) is 2.62. The lowest BCUT2D eigenvalue weighted by atomic mass is 10.1. The van der Waals surface area contributed by atoms with Crippen molar-refractivity contribution >= 4 is 29.0 Å². The smallest absolute Gasteiger partial charge is 0.274 e. The third-order valence-electron chi connectivity index (χ3n) is 4.11. The third-order valence-corrected chi connectivity index (χ3v) is 4.48. The van der Waals surface area contributed by atoms with Crippen LogP contribution in [0.3, 0.4) is 0 Å². The molecule has 0 bridgehead atoms. The molecule has 138 valence electrons. The van der Waals surface area contributed by atoms with E-state index in [2.05, 4.69) is 27.5 Å². The summed E-state index contributed by atoms with van der Waals surface area (Å²) in [5, 5.41) is 6.75. The molecule has 1 aromatic heterocycles. The molecular weight excluding hydrogens is 360 g/mol. The van der Waals surface area contributed by atoms with Gasteiger partial charge in [-0.15, -0.1) is 0 Å². The summed E-state index contributed by atoms with van der Waals surface area (Å²) in [7, 11) is 0. The lowest BCUT2D eigenvalue weighted by Gasteiger charge is -2.10. The van der Waals surface area contributed by atoms with Crippen LogP contribution in [0.2, 0.25) is 5.02 Å². The summed E-state index contributed by atoms with van der Waals surface area (Å²) in [5.74, 6) is 0.824. The molecule has 0 spiro atoms. The van der Waals surface area contributed by atoms with Crippen LogP contribution in [-0.2, 0) is 13.0 Å². The minimum Gasteiger partial charge on any atom is -0.366 e. The Bertz CT molecular complexity index is 941. The number of hydrogen-bond donors (Lipinski definition) is 2. The van der Waals surface area contributed by atoms with Crippen molar-refractivity contribution in [2.24, 2.45) is 0 Å². The Balaban J connectivity index is 1.71. The first kappa shape index (κ1) is 18.9. The van der Waals surface area contributed by atoms with Crippen LogP contribution in [0.5, 0.6) is 0 Å². The van der Waals surface area contributed by atoms with Crippen molar-refractivity contribution in [1.82, 2.24) is 9.97 Å². The molecule has 0 saturated carbocycles. The maximum Gasteiger partial charge on any atom is 0.274 e. The van der Waals surface area contributed by atoms with Crippen molar-refractivity contribution < 1.29 is 4.79 Å². The van der Waals surface area contributed by atoms with E-state index >= 15 is 0 Å². The van der Waals surface area contributed by atoms with Gasteiger partial charge in [0.2, 0.25) is 0 Å². The van der Waals surface area contributed by atoms with Gasteiger partial charge in [0.25, 0.3) is 5.91 Å².